The first-order valence-corrected chi connectivity index (χ1v) is 13.1. The van der Waals surface area contributed by atoms with Crippen molar-refractivity contribution >= 4 is 15.7 Å². The van der Waals surface area contributed by atoms with Crippen molar-refractivity contribution in [3.63, 3.8) is 0 Å². The van der Waals surface area contributed by atoms with Crippen molar-refractivity contribution in [2.45, 2.75) is 57.4 Å². The van der Waals surface area contributed by atoms with Crippen molar-refractivity contribution in [3.05, 3.63) is 60.0 Å². The Morgan fingerprint density at radius 3 is 2.45 bits per heavy atom. The SMILES string of the molecule is Cc1nnc(-c2ccc(S(=O)(=O)Nc3ccccc3CNCC(C)C3CCCCC3)cc2)o1. The molecule has 1 saturated carbocycles. The summed E-state index contributed by atoms with van der Waals surface area (Å²) in [6.07, 6.45) is 6.70. The molecular weight excluding hydrogens is 436 g/mol. The molecule has 8 heteroatoms. The number of anilines is 1. The lowest BCUT2D eigenvalue weighted by molar-refractivity contribution is 0.256. The van der Waals surface area contributed by atoms with Crippen LogP contribution in [0, 0.1) is 18.8 Å². The Morgan fingerprint density at radius 1 is 1.03 bits per heavy atom. The lowest BCUT2D eigenvalue weighted by Gasteiger charge is -2.28. The normalized spacial score (nSPS) is 15.9. The van der Waals surface area contributed by atoms with Crippen molar-refractivity contribution in [3.8, 4) is 11.5 Å². The van der Waals surface area contributed by atoms with Gasteiger partial charge in [-0.25, -0.2) is 8.42 Å². The van der Waals surface area contributed by atoms with Crippen molar-refractivity contribution in [2.24, 2.45) is 11.8 Å². The molecule has 3 aromatic rings. The van der Waals surface area contributed by atoms with Gasteiger partial charge < -0.3 is 9.73 Å². The summed E-state index contributed by atoms with van der Waals surface area (Å²) in [4.78, 5) is 0.177. The topological polar surface area (TPSA) is 97.1 Å². The number of hydrogen-bond donors (Lipinski definition) is 2. The molecule has 7 nitrogen and oxygen atoms in total. The van der Waals surface area contributed by atoms with E-state index in [0.29, 0.717) is 35.5 Å². The third-order valence-electron chi connectivity index (χ3n) is 6.44. The highest BCUT2D eigenvalue weighted by Crippen LogP contribution is 2.29. The summed E-state index contributed by atoms with van der Waals surface area (Å²) in [7, 11) is -3.73. The molecule has 1 atom stereocenters. The summed E-state index contributed by atoms with van der Waals surface area (Å²) >= 11 is 0. The van der Waals surface area contributed by atoms with Gasteiger partial charge in [-0.3, -0.25) is 4.72 Å². The van der Waals surface area contributed by atoms with E-state index in [0.717, 1.165) is 18.0 Å². The average Bonchev–Trinajstić information content (AvgIpc) is 3.27. The van der Waals surface area contributed by atoms with Gasteiger partial charge in [-0.2, -0.15) is 0 Å². The van der Waals surface area contributed by atoms with Crippen molar-refractivity contribution in [1.82, 2.24) is 15.5 Å². The Kier molecular flexibility index (Phi) is 7.45. The van der Waals surface area contributed by atoms with E-state index in [1.807, 2.05) is 18.2 Å². The number of hydrogen-bond acceptors (Lipinski definition) is 6. The Morgan fingerprint density at radius 2 is 1.76 bits per heavy atom. The second-order valence-electron chi connectivity index (χ2n) is 8.92. The van der Waals surface area contributed by atoms with Crippen LogP contribution in [0.1, 0.15) is 50.5 Å². The summed E-state index contributed by atoms with van der Waals surface area (Å²) in [6.45, 7) is 5.58. The van der Waals surface area contributed by atoms with Crippen LogP contribution in [0.25, 0.3) is 11.5 Å². The molecule has 0 spiro atoms. The maximum absolute atomic E-state index is 13.0. The Balaban J connectivity index is 1.40. The average molecular weight is 469 g/mol. The summed E-state index contributed by atoms with van der Waals surface area (Å²) in [5.41, 5.74) is 2.19. The van der Waals surface area contributed by atoms with Crippen molar-refractivity contribution in [2.75, 3.05) is 11.3 Å². The van der Waals surface area contributed by atoms with Crippen molar-refractivity contribution in [1.29, 1.82) is 0 Å². The lowest BCUT2D eigenvalue weighted by Crippen LogP contribution is -2.27. The predicted molar refractivity (Wildman–Crippen MR) is 129 cm³/mol. The zero-order chi connectivity index (χ0) is 23.3. The van der Waals surface area contributed by atoms with Gasteiger partial charge in [0.1, 0.15) is 0 Å². The number of rotatable bonds is 9. The second-order valence-corrected chi connectivity index (χ2v) is 10.6. The Labute approximate surface area is 196 Å². The number of sulfonamides is 1. The van der Waals surface area contributed by atoms with Crippen LogP contribution in [0.2, 0.25) is 0 Å². The van der Waals surface area contributed by atoms with Gasteiger partial charge in [-0.05, 0) is 54.3 Å². The zero-order valence-electron chi connectivity index (χ0n) is 19.3. The molecule has 1 aliphatic rings. The lowest BCUT2D eigenvalue weighted by atomic mass is 9.81. The second kappa shape index (κ2) is 10.5. The van der Waals surface area contributed by atoms with Gasteiger partial charge in [-0.1, -0.05) is 57.2 Å². The van der Waals surface area contributed by atoms with Crippen LogP contribution in [0.4, 0.5) is 5.69 Å². The molecule has 4 rings (SSSR count). The molecule has 1 aromatic heterocycles. The molecule has 0 amide bonds. The van der Waals surface area contributed by atoms with Gasteiger partial charge in [0.25, 0.3) is 10.0 Å². The first kappa shape index (κ1) is 23.4. The van der Waals surface area contributed by atoms with E-state index in [4.69, 9.17) is 4.42 Å². The van der Waals surface area contributed by atoms with E-state index in [-0.39, 0.29) is 4.90 Å². The van der Waals surface area contributed by atoms with Crippen LogP contribution < -0.4 is 10.0 Å². The molecule has 176 valence electrons. The highest BCUT2D eigenvalue weighted by atomic mass is 32.2. The molecule has 33 heavy (non-hydrogen) atoms. The first-order chi connectivity index (χ1) is 15.9. The first-order valence-electron chi connectivity index (χ1n) is 11.6. The molecule has 1 fully saturated rings. The third kappa shape index (κ3) is 6.00. The Bertz CT molecular complexity index is 1150. The van der Waals surface area contributed by atoms with E-state index in [1.165, 1.54) is 32.1 Å². The van der Waals surface area contributed by atoms with Gasteiger partial charge in [0.05, 0.1) is 10.6 Å². The summed E-state index contributed by atoms with van der Waals surface area (Å²) in [6, 6.07) is 14.0. The maximum Gasteiger partial charge on any atom is 0.261 e. The molecule has 2 N–H and O–H groups in total. The van der Waals surface area contributed by atoms with Crippen LogP contribution in [-0.2, 0) is 16.6 Å². The summed E-state index contributed by atoms with van der Waals surface area (Å²) in [5, 5.41) is 11.3. The zero-order valence-corrected chi connectivity index (χ0v) is 20.1. The van der Waals surface area contributed by atoms with Crippen LogP contribution in [0.5, 0.6) is 0 Å². The monoisotopic (exact) mass is 468 g/mol. The minimum Gasteiger partial charge on any atom is -0.421 e. The van der Waals surface area contributed by atoms with Gasteiger partial charge in [0.2, 0.25) is 11.8 Å². The molecule has 1 aliphatic carbocycles. The Hall–Kier alpha value is -2.71. The van der Waals surface area contributed by atoms with E-state index in [1.54, 1.807) is 37.3 Å². The third-order valence-corrected chi connectivity index (χ3v) is 7.82. The number of aromatic nitrogens is 2. The standard InChI is InChI=1S/C25H32N4O3S/c1-18(20-8-4-3-5-9-20)16-26-17-22-10-6-7-11-24(22)29-33(30,31)23-14-12-21(13-15-23)25-28-27-19(2)32-25/h6-7,10-15,18,20,26,29H,3-5,8-9,16-17H2,1-2H3. The molecule has 2 aromatic carbocycles. The van der Waals surface area contributed by atoms with Crippen LogP contribution in [0.15, 0.2) is 57.8 Å². The molecule has 1 heterocycles. The number of benzene rings is 2. The van der Waals surface area contributed by atoms with Gasteiger partial charge in [0, 0.05) is 19.0 Å². The van der Waals surface area contributed by atoms with Crippen LogP contribution >= 0.6 is 0 Å². The fourth-order valence-electron chi connectivity index (χ4n) is 4.47. The minimum atomic E-state index is -3.73. The van der Waals surface area contributed by atoms with Crippen molar-refractivity contribution < 1.29 is 12.8 Å². The van der Waals surface area contributed by atoms with Crippen LogP contribution in [0.3, 0.4) is 0 Å². The number of nitrogens with one attached hydrogen (secondary N) is 2. The molecular formula is C25H32N4O3S. The van der Waals surface area contributed by atoms with E-state index in [9.17, 15) is 8.42 Å². The molecule has 0 radical (unpaired) electrons. The maximum atomic E-state index is 13.0. The van der Waals surface area contributed by atoms with E-state index < -0.39 is 10.0 Å². The van der Waals surface area contributed by atoms with Gasteiger partial charge in [0.15, 0.2) is 0 Å². The molecule has 0 saturated heterocycles. The predicted octanol–water partition coefficient (Wildman–Crippen LogP) is 5.15. The smallest absolute Gasteiger partial charge is 0.261 e. The van der Waals surface area contributed by atoms with Crippen LogP contribution in [-0.4, -0.2) is 25.2 Å². The minimum absolute atomic E-state index is 0.177. The van der Waals surface area contributed by atoms with E-state index >= 15 is 0 Å². The highest BCUT2D eigenvalue weighted by Gasteiger charge is 2.20. The number of aryl methyl sites for hydroxylation is 1. The quantitative estimate of drug-likeness (QED) is 0.451. The number of nitrogens with zero attached hydrogens (tertiary/aromatic N) is 2. The molecule has 0 bridgehead atoms. The number of para-hydroxylation sites is 1. The van der Waals surface area contributed by atoms with Gasteiger partial charge >= 0.3 is 0 Å². The van der Waals surface area contributed by atoms with E-state index in [2.05, 4.69) is 27.2 Å². The largest absolute Gasteiger partial charge is 0.421 e. The molecule has 1 unspecified atom stereocenters. The fraction of sp³-hybridized carbons (Fsp3) is 0.440. The summed E-state index contributed by atoms with van der Waals surface area (Å²) in [5.74, 6) is 2.24. The van der Waals surface area contributed by atoms with Gasteiger partial charge in [-0.15, -0.1) is 10.2 Å². The molecule has 0 aliphatic heterocycles. The summed E-state index contributed by atoms with van der Waals surface area (Å²) < 4.78 is 34.2. The fourth-order valence-corrected chi connectivity index (χ4v) is 5.57. The highest BCUT2D eigenvalue weighted by molar-refractivity contribution is 7.92.